The first kappa shape index (κ1) is 21.3. The Morgan fingerprint density at radius 2 is 2.11 bits per heavy atom. The van der Waals surface area contributed by atoms with Gasteiger partial charge in [0.25, 0.3) is 5.56 Å². The molecule has 2 heterocycles. The van der Waals surface area contributed by atoms with Crippen LogP contribution in [0.4, 0.5) is 0 Å². The summed E-state index contributed by atoms with van der Waals surface area (Å²) in [6, 6.07) is 0.260. The quantitative estimate of drug-likeness (QED) is 0.545. The number of thiophene rings is 1. The summed E-state index contributed by atoms with van der Waals surface area (Å²) in [6.45, 7) is 7.02. The second-order valence-electron chi connectivity index (χ2n) is 7.53. The third kappa shape index (κ3) is 4.60. The lowest BCUT2D eigenvalue weighted by molar-refractivity contribution is -0.119. The predicted octanol–water partition coefficient (Wildman–Crippen LogP) is 3.51. The van der Waals surface area contributed by atoms with E-state index in [9.17, 15) is 9.59 Å². The Bertz CT molecular complexity index is 906. The zero-order valence-corrected chi connectivity index (χ0v) is 18.7. The number of rotatable bonds is 7. The summed E-state index contributed by atoms with van der Waals surface area (Å²) < 4.78 is 6.81. The van der Waals surface area contributed by atoms with Crippen LogP contribution in [0.25, 0.3) is 10.2 Å². The number of hydrogen-bond donors (Lipinski definition) is 1. The largest absolute Gasteiger partial charge is 0.383 e. The van der Waals surface area contributed by atoms with Gasteiger partial charge in [0.05, 0.1) is 24.3 Å². The van der Waals surface area contributed by atoms with Crippen LogP contribution >= 0.6 is 23.1 Å². The number of methoxy groups -OCH3 is 1. The maximum atomic E-state index is 13.1. The third-order valence-electron chi connectivity index (χ3n) is 5.56. The van der Waals surface area contributed by atoms with E-state index in [1.54, 1.807) is 11.7 Å². The first-order chi connectivity index (χ1) is 13.4. The number of carbonyl (C=O) groups is 1. The van der Waals surface area contributed by atoms with Crippen LogP contribution in [0, 0.1) is 19.8 Å². The second kappa shape index (κ2) is 9.41. The van der Waals surface area contributed by atoms with Crippen LogP contribution < -0.4 is 10.9 Å². The van der Waals surface area contributed by atoms with Crippen LogP contribution in [0.15, 0.2) is 9.95 Å². The molecule has 6 nitrogen and oxygen atoms in total. The molecule has 3 rings (SSSR count). The number of fused-ring (bicyclic) bond motifs is 1. The number of carbonyl (C=O) groups excluding carboxylic acids is 1. The van der Waals surface area contributed by atoms with Crippen molar-refractivity contribution in [1.82, 2.24) is 14.9 Å². The Kier molecular flexibility index (Phi) is 7.17. The zero-order valence-electron chi connectivity index (χ0n) is 17.0. The van der Waals surface area contributed by atoms with Gasteiger partial charge in [0.15, 0.2) is 5.16 Å². The SMILES string of the molecule is COCCn1c(SCC(=O)N[C@@H]2CCCC[C@H]2C)nc2sc(C)c(C)c2c1=O. The number of nitrogens with zero attached hydrogens (tertiary/aromatic N) is 2. The fourth-order valence-corrected chi connectivity index (χ4v) is 5.61. The summed E-state index contributed by atoms with van der Waals surface area (Å²) in [5.74, 6) is 0.793. The standard InChI is InChI=1S/C20H29N3O3S2/c1-12-7-5-6-8-15(12)21-16(24)11-27-20-22-18-17(13(2)14(3)28-18)19(25)23(20)9-10-26-4/h12,15H,5-11H2,1-4H3,(H,21,24)/t12-,15-/m1/s1. The van der Waals surface area contributed by atoms with Crippen molar-refractivity contribution in [3.05, 3.63) is 20.8 Å². The summed E-state index contributed by atoms with van der Waals surface area (Å²) in [5.41, 5.74) is 0.942. The van der Waals surface area contributed by atoms with Crippen LogP contribution in [-0.2, 0) is 16.1 Å². The van der Waals surface area contributed by atoms with Gasteiger partial charge in [-0.3, -0.25) is 14.2 Å². The highest BCUT2D eigenvalue weighted by Gasteiger charge is 2.23. The maximum absolute atomic E-state index is 13.1. The van der Waals surface area contributed by atoms with E-state index >= 15 is 0 Å². The van der Waals surface area contributed by atoms with Crippen molar-refractivity contribution in [2.45, 2.75) is 64.2 Å². The average Bonchev–Trinajstić information content (AvgIpc) is 2.95. The Labute approximate surface area is 174 Å². The van der Waals surface area contributed by atoms with Crippen molar-refractivity contribution >= 4 is 39.2 Å². The number of nitrogens with one attached hydrogen (secondary N) is 1. The van der Waals surface area contributed by atoms with Crippen molar-refractivity contribution in [2.24, 2.45) is 5.92 Å². The number of ether oxygens (including phenoxy) is 1. The molecule has 0 aromatic carbocycles. The van der Waals surface area contributed by atoms with Crippen LogP contribution in [0.1, 0.15) is 43.0 Å². The predicted molar refractivity (Wildman–Crippen MR) is 116 cm³/mol. The number of thioether (sulfide) groups is 1. The molecule has 1 saturated carbocycles. The fourth-order valence-electron chi connectivity index (χ4n) is 3.71. The highest BCUT2D eigenvalue weighted by molar-refractivity contribution is 7.99. The number of amides is 1. The molecule has 1 amide bonds. The molecule has 2 aromatic heterocycles. The van der Waals surface area contributed by atoms with E-state index in [-0.39, 0.29) is 23.3 Å². The maximum Gasteiger partial charge on any atom is 0.263 e. The van der Waals surface area contributed by atoms with E-state index in [0.29, 0.717) is 29.6 Å². The van der Waals surface area contributed by atoms with Crippen molar-refractivity contribution < 1.29 is 9.53 Å². The second-order valence-corrected chi connectivity index (χ2v) is 9.68. The smallest absolute Gasteiger partial charge is 0.263 e. The van der Waals surface area contributed by atoms with Gasteiger partial charge in [-0.1, -0.05) is 31.5 Å². The lowest BCUT2D eigenvalue weighted by Crippen LogP contribution is -2.42. The van der Waals surface area contributed by atoms with Gasteiger partial charge in [-0.15, -0.1) is 11.3 Å². The highest BCUT2D eigenvalue weighted by Crippen LogP contribution is 2.28. The van der Waals surface area contributed by atoms with Crippen LogP contribution in [0.2, 0.25) is 0 Å². The molecule has 1 N–H and O–H groups in total. The van der Waals surface area contributed by atoms with Gasteiger partial charge in [-0.05, 0) is 38.2 Å². The molecular weight excluding hydrogens is 394 g/mol. The minimum Gasteiger partial charge on any atom is -0.383 e. The third-order valence-corrected chi connectivity index (χ3v) is 7.64. The summed E-state index contributed by atoms with van der Waals surface area (Å²) in [4.78, 5) is 32.1. The Morgan fingerprint density at radius 1 is 1.36 bits per heavy atom. The molecule has 1 aliphatic rings. The molecule has 1 aliphatic carbocycles. The molecular formula is C20H29N3O3S2. The van der Waals surface area contributed by atoms with Gasteiger partial charge in [0.2, 0.25) is 5.91 Å². The zero-order chi connectivity index (χ0) is 20.3. The van der Waals surface area contributed by atoms with E-state index in [0.717, 1.165) is 21.7 Å². The molecule has 0 bridgehead atoms. The van der Waals surface area contributed by atoms with E-state index in [1.165, 1.54) is 42.4 Å². The fraction of sp³-hybridized carbons (Fsp3) is 0.650. The van der Waals surface area contributed by atoms with Crippen LogP contribution in [0.5, 0.6) is 0 Å². The molecule has 2 atom stereocenters. The molecule has 8 heteroatoms. The van der Waals surface area contributed by atoms with Gasteiger partial charge in [-0.2, -0.15) is 0 Å². The molecule has 28 heavy (non-hydrogen) atoms. The van der Waals surface area contributed by atoms with Crippen molar-refractivity contribution in [1.29, 1.82) is 0 Å². The van der Waals surface area contributed by atoms with Gasteiger partial charge in [0.1, 0.15) is 4.83 Å². The van der Waals surface area contributed by atoms with E-state index < -0.39 is 0 Å². The Morgan fingerprint density at radius 3 is 2.82 bits per heavy atom. The molecule has 0 aliphatic heterocycles. The summed E-state index contributed by atoms with van der Waals surface area (Å²) in [6.07, 6.45) is 4.64. The molecule has 0 unspecified atom stereocenters. The molecule has 1 fully saturated rings. The van der Waals surface area contributed by atoms with Crippen LogP contribution in [0.3, 0.4) is 0 Å². The molecule has 154 valence electrons. The van der Waals surface area contributed by atoms with E-state index in [2.05, 4.69) is 12.2 Å². The number of aromatic nitrogens is 2. The van der Waals surface area contributed by atoms with Gasteiger partial charge in [0, 0.05) is 18.0 Å². The lowest BCUT2D eigenvalue weighted by atomic mass is 9.86. The number of aryl methyl sites for hydroxylation is 2. The Hall–Kier alpha value is -1.38. The van der Waals surface area contributed by atoms with Gasteiger partial charge >= 0.3 is 0 Å². The molecule has 2 aromatic rings. The van der Waals surface area contributed by atoms with Crippen molar-refractivity contribution in [2.75, 3.05) is 19.5 Å². The topological polar surface area (TPSA) is 73.2 Å². The first-order valence-corrected chi connectivity index (χ1v) is 11.6. The van der Waals surface area contributed by atoms with E-state index in [4.69, 9.17) is 9.72 Å². The van der Waals surface area contributed by atoms with Gasteiger partial charge < -0.3 is 10.1 Å². The highest BCUT2D eigenvalue weighted by atomic mass is 32.2. The normalized spacial score (nSPS) is 19.9. The average molecular weight is 424 g/mol. The van der Waals surface area contributed by atoms with Crippen molar-refractivity contribution in [3.8, 4) is 0 Å². The molecule has 0 spiro atoms. The summed E-state index contributed by atoms with van der Waals surface area (Å²) in [7, 11) is 1.61. The summed E-state index contributed by atoms with van der Waals surface area (Å²) >= 11 is 2.86. The Balaban J connectivity index is 1.79. The van der Waals surface area contributed by atoms with Crippen LogP contribution in [-0.4, -0.2) is 41.0 Å². The summed E-state index contributed by atoms with van der Waals surface area (Å²) in [5, 5.41) is 4.44. The first-order valence-electron chi connectivity index (χ1n) is 9.84. The molecule has 0 saturated heterocycles. The number of hydrogen-bond acceptors (Lipinski definition) is 6. The monoisotopic (exact) mass is 423 g/mol. The van der Waals surface area contributed by atoms with Gasteiger partial charge in [-0.25, -0.2) is 4.98 Å². The minimum absolute atomic E-state index is 0.00919. The minimum atomic E-state index is -0.0484. The van der Waals surface area contributed by atoms with E-state index in [1.807, 2.05) is 13.8 Å². The van der Waals surface area contributed by atoms with Crippen molar-refractivity contribution in [3.63, 3.8) is 0 Å². The lowest BCUT2D eigenvalue weighted by Gasteiger charge is -2.29. The molecule has 0 radical (unpaired) electrons.